The number of nitrogens with zero attached hydrogens (tertiary/aromatic N) is 2. The number of fused-ring (bicyclic) bond motifs is 1. The second kappa shape index (κ2) is 5.65. The van der Waals surface area contributed by atoms with Gasteiger partial charge in [-0.3, -0.25) is 0 Å². The summed E-state index contributed by atoms with van der Waals surface area (Å²) in [5.41, 5.74) is 0.576. The maximum atomic E-state index is 11.3. The van der Waals surface area contributed by atoms with Crippen LogP contribution in [0.3, 0.4) is 0 Å². The topological polar surface area (TPSA) is 82.2 Å². The zero-order valence-corrected chi connectivity index (χ0v) is 11.5. The van der Waals surface area contributed by atoms with Crippen LogP contribution < -0.4 is 0 Å². The molecule has 2 N–H and O–H groups in total. The number of azo groups is 1. The number of carboxylic acid groups (broad SMARTS) is 1. The molecule has 0 saturated heterocycles. The van der Waals surface area contributed by atoms with Crippen LogP contribution in [0.25, 0.3) is 10.8 Å². The molecule has 0 aliphatic heterocycles. The Morgan fingerprint density at radius 2 is 1.59 bits per heavy atom. The summed E-state index contributed by atoms with van der Waals surface area (Å²) in [6.45, 7) is 0. The highest BCUT2D eigenvalue weighted by Gasteiger charge is 2.17. The molecule has 0 heterocycles. The Morgan fingerprint density at radius 3 is 2.32 bits per heavy atom. The van der Waals surface area contributed by atoms with E-state index in [0.717, 1.165) is 0 Å². The van der Waals surface area contributed by atoms with Gasteiger partial charge in [0.05, 0.1) is 5.69 Å². The fourth-order valence-corrected chi connectivity index (χ4v) is 2.18. The summed E-state index contributed by atoms with van der Waals surface area (Å²) in [6, 6.07) is 17.6. The van der Waals surface area contributed by atoms with Gasteiger partial charge >= 0.3 is 5.97 Å². The van der Waals surface area contributed by atoms with E-state index in [1.54, 1.807) is 36.4 Å². The molecule has 3 rings (SSSR count). The van der Waals surface area contributed by atoms with Gasteiger partial charge in [-0.25, -0.2) is 4.79 Å². The van der Waals surface area contributed by atoms with E-state index >= 15 is 0 Å². The molecule has 5 nitrogen and oxygen atoms in total. The summed E-state index contributed by atoms with van der Waals surface area (Å²) in [4.78, 5) is 11.3. The first kappa shape index (κ1) is 13.8. The van der Waals surface area contributed by atoms with Gasteiger partial charge in [0.1, 0.15) is 11.3 Å². The molecule has 0 atom stereocenters. The predicted octanol–water partition coefficient (Wildman–Crippen LogP) is 4.66. The number of benzene rings is 3. The summed E-state index contributed by atoms with van der Waals surface area (Å²) in [5.74, 6) is -1.59. The number of carboxylic acids is 1. The molecule has 0 fully saturated rings. The standard InChI is InChI=1S/C17H12N2O3/c20-16-14(17(21)22)10-11-6-4-5-9-13(11)15(16)19-18-12-7-2-1-3-8-12/h1-10,20H,(H,21,22)/b19-18+. The van der Waals surface area contributed by atoms with Gasteiger partial charge in [-0.05, 0) is 23.6 Å². The number of aromatic carboxylic acids is 1. The number of hydrogen-bond acceptors (Lipinski definition) is 4. The number of rotatable bonds is 3. The van der Waals surface area contributed by atoms with Crippen molar-refractivity contribution >= 4 is 28.1 Å². The van der Waals surface area contributed by atoms with Crippen LogP contribution in [0.4, 0.5) is 11.4 Å². The average molecular weight is 292 g/mol. The minimum atomic E-state index is -1.21. The molecular weight excluding hydrogens is 280 g/mol. The first-order chi connectivity index (χ1) is 10.7. The smallest absolute Gasteiger partial charge is 0.339 e. The fourth-order valence-electron chi connectivity index (χ4n) is 2.18. The summed E-state index contributed by atoms with van der Waals surface area (Å²) < 4.78 is 0. The van der Waals surface area contributed by atoms with Crippen LogP contribution in [0.2, 0.25) is 0 Å². The molecule has 0 bridgehead atoms. The van der Waals surface area contributed by atoms with E-state index in [0.29, 0.717) is 16.5 Å². The molecule has 0 amide bonds. The van der Waals surface area contributed by atoms with Crippen LogP contribution in [0.15, 0.2) is 70.9 Å². The minimum absolute atomic E-state index is 0.152. The Kier molecular flexibility index (Phi) is 3.53. The summed E-state index contributed by atoms with van der Waals surface area (Å²) in [7, 11) is 0. The zero-order chi connectivity index (χ0) is 15.5. The Hall–Kier alpha value is -3.21. The maximum absolute atomic E-state index is 11.3. The maximum Gasteiger partial charge on any atom is 0.339 e. The lowest BCUT2D eigenvalue weighted by molar-refractivity contribution is 0.0694. The highest BCUT2D eigenvalue weighted by Crippen LogP contribution is 2.39. The van der Waals surface area contributed by atoms with E-state index in [9.17, 15) is 15.0 Å². The average Bonchev–Trinajstić information content (AvgIpc) is 2.54. The van der Waals surface area contributed by atoms with E-state index in [2.05, 4.69) is 10.2 Å². The van der Waals surface area contributed by atoms with Crippen molar-refractivity contribution in [3.8, 4) is 5.75 Å². The molecule has 0 spiro atoms. The lowest BCUT2D eigenvalue weighted by Crippen LogP contribution is -1.97. The highest BCUT2D eigenvalue weighted by molar-refractivity contribution is 6.04. The van der Waals surface area contributed by atoms with Gasteiger partial charge in [0.25, 0.3) is 0 Å². The molecule has 3 aromatic rings. The molecule has 108 valence electrons. The lowest BCUT2D eigenvalue weighted by Gasteiger charge is -2.07. The molecule has 0 aliphatic rings. The SMILES string of the molecule is O=C(O)c1cc2ccccc2c(/N=N/c2ccccc2)c1O. The number of carbonyl (C=O) groups is 1. The number of aromatic hydroxyl groups is 1. The van der Waals surface area contributed by atoms with Crippen molar-refractivity contribution in [3.05, 3.63) is 66.2 Å². The van der Waals surface area contributed by atoms with Crippen LogP contribution in [0.1, 0.15) is 10.4 Å². The number of hydrogen-bond donors (Lipinski definition) is 2. The first-order valence-corrected chi connectivity index (χ1v) is 6.61. The van der Waals surface area contributed by atoms with E-state index in [4.69, 9.17) is 0 Å². The van der Waals surface area contributed by atoms with Gasteiger partial charge in [-0.15, -0.1) is 5.11 Å². The van der Waals surface area contributed by atoms with Crippen molar-refractivity contribution in [2.24, 2.45) is 10.2 Å². The predicted molar refractivity (Wildman–Crippen MR) is 83.2 cm³/mol. The minimum Gasteiger partial charge on any atom is -0.505 e. The van der Waals surface area contributed by atoms with E-state index < -0.39 is 5.97 Å². The second-order valence-electron chi connectivity index (χ2n) is 4.68. The van der Waals surface area contributed by atoms with E-state index in [1.807, 2.05) is 18.2 Å². The molecule has 0 aliphatic carbocycles. The van der Waals surface area contributed by atoms with E-state index in [-0.39, 0.29) is 17.0 Å². The van der Waals surface area contributed by atoms with Crippen molar-refractivity contribution in [1.29, 1.82) is 0 Å². The molecule has 3 aromatic carbocycles. The quantitative estimate of drug-likeness (QED) is 0.689. The van der Waals surface area contributed by atoms with Gasteiger partial charge in [0.15, 0.2) is 5.75 Å². The highest BCUT2D eigenvalue weighted by atomic mass is 16.4. The van der Waals surface area contributed by atoms with Gasteiger partial charge < -0.3 is 10.2 Å². The van der Waals surface area contributed by atoms with Gasteiger partial charge in [-0.2, -0.15) is 5.11 Å². The monoisotopic (exact) mass is 292 g/mol. The van der Waals surface area contributed by atoms with Crippen LogP contribution >= 0.6 is 0 Å². The van der Waals surface area contributed by atoms with Crippen molar-refractivity contribution < 1.29 is 15.0 Å². The van der Waals surface area contributed by atoms with Crippen molar-refractivity contribution in [2.75, 3.05) is 0 Å². The van der Waals surface area contributed by atoms with Gasteiger partial charge in [-0.1, -0.05) is 42.5 Å². The molecule has 5 heteroatoms. The third kappa shape index (κ3) is 2.52. The Bertz CT molecular complexity index is 874. The van der Waals surface area contributed by atoms with E-state index in [1.165, 1.54) is 6.07 Å². The third-order valence-corrected chi connectivity index (χ3v) is 3.25. The molecular formula is C17H12N2O3. The first-order valence-electron chi connectivity index (χ1n) is 6.61. The van der Waals surface area contributed by atoms with Crippen LogP contribution in [-0.2, 0) is 0 Å². The zero-order valence-electron chi connectivity index (χ0n) is 11.5. The Balaban J connectivity index is 2.20. The summed E-state index contributed by atoms with van der Waals surface area (Å²) >= 11 is 0. The van der Waals surface area contributed by atoms with Crippen molar-refractivity contribution in [2.45, 2.75) is 0 Å². The van der Waals surface area contributed by atoms with Crippen molar-refractivity contribution in [1.82, 2.24) is 0 Å². The largest absolute Gasteiger partial charge is 0.505 e. The summed E-state index contributed by atoms with van der Waals surface area (Å²) in [6.07, 6.45) is 0. The van der Waals surface area contributed by atoms with Gasteiger partial charge in [0.2, 0.25) is 0 Å². The lowest BCUT2D eigenvalue weighted by atomic mass is 10.0. The molecule has 22 heavy (non-hydrogen) atoms. The third-order valence-electron chi connectivity index (χ3n) is 3.25. The van der Waals surface area contributed by atoms with Crippen LogP contribution in [-0.4, -0.2) is 16.2 Å². The Morgan fingerprint density at radius 1 is 0.909 bits per heavy atom. The fraction of sp³-hybridized carbons (Fsp3) is 0. The van der Waals surface area contributed by atoms with Crippen LogP contribution in [0, 0.1) is 0 Å². The second-order valence-corrected chi connectivity index (χ2v) is 4.68. The van der Waals surface area contributed by atoms with Crippen LogP contribution in [0.5, 0.6) is 5.75 Å². The Labute approximate surface area is 126 Å². The van der Waals surface area contributed by atoms with Crippen molar-refractivity contribution in [3.63, 3.8) is 0 Å². The normalized spacial score (nSPS) is 11.1. The molecule has 0 aromatic heterocycles. The molecule has 0 saturated carbocycles. The molecule has 0 radical (unpaired) electrons. The number of phenols is 1. The molecule has 0 unspecified atom stereocenters. The summed E-state index contributed by atoms with van der Waals surface area (Å²) in [5, 5.41) is 28.8. The van der Waals surface area contributed by atoms with Gasteiger partial charge in [0, 0.05) is 5.39 Å².